The molecule has 5 heteroatoms. The van der Waals surface area contributed by atoms with Crippen molar-refractivity contribution >= 4 is 16.9 Å². The molecule has 64 valence electrons. The zero-order valence-electron chi connectivity index (χ0n) is 6.98. The molecule has 0 radical (unpaired) electrons. The van der Waals surface area contributed by atoms with E-state index in [1.54, 1.807) is 18.0 Å². The van der Waals surface area contributed by atoms with Gasteiger partial charge in [0.25, 0.3) is 0 Å². The molecule has 1 aliphatic heterocycles. The van der Waals surface area contributed by atoms with E-state index >= 15 is 0 Å². The zero-order chi connectivity index (χ0) is 8.55. The number of nitrogens with zero attached hydrogens (tertiary/aromatic N) is 3. The van der Waals surface area contributed by atoms with Gasteiger partial charge in [-0.25, -0.2) is 4.68 Å². The lowest BCUT2D eigenvalue weighted by Gasteiger charge is -2.01. The van der Waals surface area contributed by atoms with Crippen molar-refractivity contribution in [2.45, 2.75) is 19.2 Å². The maximum Gasteiger partial charge on any atom is 0.209 e. The van der Waals surface area contributed by atoms with E-state index in [1.165, 1.54) is 0 Å². The predicted octanol–water partition coefficient (Wildman–Crippen LogP) is 0.993. The molecular formula is C7H10N4S. The van der Waals surface area contributed by atoms with Crippen LogP contribution >= 0.6 is 11.8 Å². The molecule has 0 spiro atoms. The zero-order valence-corrected chi connectivity index (χ0v) is 7.80. The Bertz CT molecular complexity index is 317. The van der Waals surface area contributed by atoms with Gasteiger partial charge in [0.2, 0.25) is 5.17 Å². The smallest absolute Gasteiger partial charge is 0.209 e. The van der Waals surface area contributed by atoms with Crippen molar-refractivity contribution in [3.05, 3.63) is 18.0 Å². The molecule has 4 nitrogen and oxygen atoms in total. The van der Waals surface area contributed by atoms with Crippen molar-refractivity contribution in [3.8, 4) is 0 Å². The SMILES string of the molecule is Cc1ccnn1C1=NNC(C)S1. The maximum absolute atomic E-state index is 4.16. The normalized spacial score (nSPS) is 22.2. The van der Waals surface area contributed by atoms with Crippen molar-refractivity contribution in [2.75, 3.05) is 0 Å². The molecule has 1 aromatic rings. The molecule has 12 heavy (non-hydrogen) atoms. The van der Waals surface area contributed by atoms with Gasteiger partial charge >= 0.3 is 0 Å². The standard InChI is InChI=1S/C7H10N4S/c1-5-3-4-8-11(5)7-10-9-6(2)12-7/h3-4,6,9H,1-2H3. The van der Waals surface area contributed by atoms with Crippen LogP contribution in [0.1, 0.15) is 12.6 Å². The number of hydrogen-bond donors (Lipinski definition) is 1. The molecule has 0 amide bonds. The molecule has 0 bridgehead atoms. The lowest BCUT2D eigenvalue weighted by atomic mass is 10.5. The van der Waals surface area contributed by atoms with Gasteiger partial charge in [-0.05, 0) is 19.9 Å². The Hall–Kier alpha value is -0.970. The van der Waals surface area contributed by atoms with Crippen molar-refractivity contribution in [1.29, 1.82) is 0 Å². The Labute approximate surface area is 75.0 Å². The van der Waals surface area contributed by atoms with Gasteiger partial charge in [-0.15, -0.1) is 0 Å². The minimum atomic E-state index is 0.351. The van der Waals surface area contributed by atoms with E-state index in [0.29, 0.717) is 5.37 Å². The van der Waals surface area contributed by atoms with Crippen molar-refractivity contribution in [1.82, 2.24) is 15.2 Å². The number of rotatable bonds is 0. The number of aryl methyl sites for hydroxylation is 1. The fourth-order valence-electron chi connectivity index (χ4n) is 1.02. The first-order chi connectivity index (χ1) is 5.77. The van der Waals surface area contributed by atoms with Crippen LogP contribution in [0.2, 0.25) is 0 Å². The van der Waals surface area contributed by atoms with Crippen LogP contribution in [0.15, 0.2) is 17.4 Å². The van der Waals surface area contributed by atoms with Gasteiger partial charge in [-0.1, -0.05) is 11.8 Å². The highest BCUT2D eigenvalue weighted by Crippen LogP contribution is 2.17. The van der Waals surface area contributed by atoms with Crippen LogP contribution in [-0.2, 0) is 0 Å². The lowest BCUT2D eigenvalue weighted by molar-refractivity contribution is 0.747. The second kappa shape index (κ2) is 2.82. The van der Waals surface area contributed by atoms with Crippen LogP contribution in [0.3, 0.4) is 0 Å². The molecule has 1 unspecified atom stereocenters. The summed E-state index contributed by atoms with van der Waals surface area (Å²) in [5, 5.41) is 9.58. The van der Waals surface area contributed by atoms with Crippen LogP contribution in [0.4, 0.5) is 0 Å². The fraction of sp³-hybridized carbons (Fsp3) is 0.429. The quantitative estimate of drug-likeness (QED) is 0.650. The fourth-order valence-corrected chi connectivity index (χ4v) is 1.84. The highest BCUT2D eigenvalue weighted by Gasteiger charge is 2.17. The third-order valence-corrected chi connectivity index (χ3v) is 2.57. The summed E-state index contributed by atoms with van der Waals surface area (Å²) in [6.45, 7) is 4.08. The van der Waals surface area contributed by atoms with Crippen LogP contribution in [-0.4, -0.2) is 20.3 Å². The first kappa shape index (κ1) is 7.67. The monoisotopic (exact) mass is 182 g/mol. The van der Waals surface area contributed by atoms with E-state index < -0.39 is 0 Å². The summed E-state index contributed by atoms with van der Waals surface area (Å²) in [6.07, 6.45) is 1.78. The summed E-state index contributed by atoms with van der Waals surface area (Å²) in [6, 6.07) is 1.96. The van der Waals surface area contributed by atoms with Gasteiger partial charge < -0.3 is 0 Å². The first-order valence-electron chi connectivity index (χ1n) is 3.78. The summed E-state index contributed by atoms with van der Waals surface area (Å²) in [5.41, 5.74) is 4.08. The molecule has 0 saturated heterocycles. The van der Waals surface area contributed by atoms with Gasteiger partial charge in [0, 0.05) is 11.9 Å². The van der Waals surface area contributed by atoms with Crippen molar-refractivity contribution in [2.24, 2.45) is 5.10 Å². The van der Waals surface area contributed by atoms with Gasteiger partial charge in [0.15, 0.2) is 0 Å². The Kier molecular flexibility index (Phi) is 1.80. The predicted molar refractivity (Wildman–Crippen MR) is 50.0 cm³/mol. The average Bonchev–Trinajstić information content (AvgIpc) is 2.58. The molecule has 0 saturated carbocycles. The van der Waals surface area contributed by atoms with Crippen molar-refractivity contribution in [3.63, 3.8) is 0 Å². The third kappa shape index (κ3) is 1.20. The maximum atomic E-state index is 4.16. The Morgan fingerprint density at radius 2 is 2.50 bits per heavy atom. The molecule has 1 N–H and O–H groups in total. The minimum absolute atomic E-state index is 0.351. The second-order valence-electron chi connectivity index (χ2n) is 2.67. The van der Waals surface area contributed by atoms with Gasteiger partial charge in [0.05, 0.1) is 5.37 Å². The lowest BCUT2D eigenvalue weighted by Crippen LogP contribution is -2.10. The van der Waals surface area contributed by atoms with E-state index in [1.807, 2.05) is 17.7 Å². The highest BCUT2D eigenvalue weighted by molar-refractivity contribution is 8.14. The molecule has 1 aromatic heterocycles. The van der Waals surface area contributed by atoms with E-state index in [9.17, 15) is 0 Å². The summed E-state index contributed by atoms with van der Waals surface area (Å²) >= 11 is 1.68. The molecule has 2 heterocycles. The van der Waals surface area contributed by atoms with Crippen LogP contribution in [0, 0.1) is 6.92 Å². The second-order valence-corrected chi connectivity index (χ2v) is 3.98. The number of aromatic nitrogens is 2. The average molecular weight is 182 g/mol. The summed E-state index contributed by atoms with van der Waals surface area (Å²) in [4.78, 5) is 0. The largest absolute Gasteiger partial charge is 0.294 e. The Morgan fingerprint density at radius 3 is 3.00 bits per heavy atom. The molecule has 0 fully saturated rings. The number of thioether (sulfide) groups is 1. The molecule has 2 rings (SSSR count). The molecule has 1 atom stereocenters. The third-order valence-electron chi connectivity index (χ3n) is 1.64. The van der Waals surface area contributed by atoms with E-state index in [4.69, 9.17) is 0 Å². The van der Waals surface area contributed by atoms with Crippen molar-refractivity contribution < 1.29 is 0 Å². The number of nitrogens with one attached hydrogen (secondary N) is 1. The van der Waals surface area contributed by atoms with Gasteiger partial charge in [0.1, 0.15) is 0 Å². The first-order valence-corrected chi connectivity index (χ1v) is 4.66. The van der Waals surface area contributed by atoms with Crippen LogP contribution in [0.25, 0.3) is 0 Å². The minimum Gasteiger partial charge on any atom is -0.294 e. The number of hydrazone groups is 1. The summed E-state index contributed by atoms with van der Waals surface area (Å²) in [5.74, 6) is 0. The van der Waals surface area contributed by atoms with E-state index in [-0.39, 0.29) is 0 Å². The molecule has 1 aliphatic rings. The highest BCUT2D eigenvalue weighted by atomic mass is 32.2. The van der Waals surface area contributed by atoms with Gasteiger partial charge in [-0.3, -0.25) is 5.43 Å². The Balaban J connectivity index is 2.27. The molecule has 0 aliphatic carbocycles. The van der Waals surface area contributed by atoms with Crippen LogP contribution < -0.4 is 5.43 Å². The van der Waals surface area contributed by atoms with E-state index in [0.717, 1.165) is 10.9 Å². The molecule has 0 aromatic carbocycles. The van der Waals surface area contributed by atoms with Gasteiger partial charge in [-0.2, -0.15) is 10.2 Å². The van der Waals surface area contributed by atoms with Crippen LogP contribution in [0.5, 0.6) is 0 Å². The van der Waals surface area contributed by atoms with E-state index in [2.05, 4.69) is 22.5 Å². The topological polar surface area (TPSA) is 42.2 Å². The summed E-state index contributed by atoms with van der Waals surface area (Å²) in [7, 11) is 0. The Morgan fingerprint density at radius 1 is 1.67 bits per heavy atom. The molecular weight excluding hydrogens is 172 g/mol. The number of hydrogen-bond acceptors (Lipinski definition) is 4. The summed E-state index contributed by atoms with van der Waals surface area (Å²) < 4.78 is 1.83.